The summed E-state index contributed by atoms with van der Waals surface area (Å²) in [7, 11) is 6.26. The lowest BCUT2D eigenvalue weighted by Crippen LogP contribution is -2.25. The van der Waals surface area contributed by atoms with Gasteiger partial charge in [-0.15, -0.1) is 0 Å². The third-order valence-corrected chi connectivity index (χ3v) is 3.17. The summed E-state index contributed by atoms with van der Waals surface area (Å²) in [6, 6.07) is 0. The Hall–Kier alpha value is -1.82. The topological polar surface area (TPSA) is 48.7 Å². The fraction of sp³-hybridized carbons (Fsp3) is 0.571. The molecule has 0 saturated carbocycles. The quantitative estimate of drug-likeness (QED) is 0.831. The Labute approximate surface area is 120 Å². The second-order valence-corrected chi connectivity index (χ2v) is 5.22. The zero-order chi connectivity index (χ0) is 14.5. The first-order chi connectivity index (χ1) is 9.61. The van der Waals surface area contributed by atoms with E-state index in [-0.39, 0.29) is 0 Å². The largest absolute Gasteiger partial charge is 0.369 e. The number of fused-ring (bicyclic) bond motifs is 1. The first-order valence-electron chi connectivity index (χ1n) is 7.05. The Morgan fingerprint density at radius 1 is 1.25 bits per heavy atom. The fourth-order valence-electron chi connectivity index (χ4n) is 2.17. The second kappa shape index (κ2) is 6.56. The second-order valence-electron chi connectivity index (χ2n) is 5.22. The van der Waals surface area contributed by atoms with Crippen LogP contribution in [0.4, 0.5) is 11.6 Å². The van der Waals surface area contributed by atoms with E-state index in [9.17, 15) is 0 Å². The van der Waals surface area contributed by atoms with Crippen molar-refractivity contribution in [1.82, 2.24) is 19.3 Å². The lowest BCUT2D eigenvalue weighted by atomic mass is 10.3. The van der Waals surface area contributed by atoms with Gasteiger partial charge in [-0.25, -0.2) is 9.97 Å². The van der Waals surface area contributed by atoms with Crippen molar-refractivity contribution in [3.05, 3.63) is 18.6 Å². The molecule has 0 radical (unpaired) electrons. The summed E-state index contributed by atoms with van der Waals surface area (Å²) in [4.78, 5) is 13.5. The number of aromatic nitrogens is 3. The smallest absolute Gasteiger partial charge is 0.180 e. The van der Waals surface area contributed by atoms with Crippen LogP contribution in [0.1, 0.15) is 13.3 Å². The number of anilines is 2. The van der Waals surface area contributed by atoms with Crippen LogP contribution in [0.5, 0.6) is 0 Å². The molecule has 0 saturated heterocycles. The molecule has 0 amide bonds. The number of imidazole rings is 1. The number of nitrogens with one attached hydrogen (secondary N) is 1. The van der Waals surface area contributed by atoms with Crippen LogP contribution in [0.15, 0.2) is 18.6 Å². The molecule has 6 heteroatoms. The molecule has 2 aromatic rings. The monoisotopic (exact) mass is 276 g/mol. The van der Waals surface area contributed by atoms with Gasteiger partial charge in [-0.1, -0.05) is 0 Å². The van der Waals surface area contributed by atoms with E-state index in [1.807, 2.05) is 23.0 Å². The average Bonchev–Trinajstić information content (AvgIpc) is 2.85. The molecule has 0 fully saturated rings. The molecule has 110 valence electrons. The van der Waals surface area contributed by atoms with Crippen molar-refractivity contribution in [3.8, 4) is 0 Å². The summed E-state index contributed by atoms with van der Waals surface area (Å²) >= 11 is 0. The molecule has 0 aliphatic heterocycles. The van der Waals surface area contributed by atoms with E-state index in [1.54, 1.807) is 0 Å². The molecule has 2 heterocycles. The van der Waals surface area contributed by atoms with Gasteiger partial charge in [0.05, 0.1) is 6.20 Å². The van der Waals surface area contributed by atoms with Crippen LogP contribution in [0.3, 0.4) is 0 Å². The van der Waals surface area contributed by atoms with Gasteiger partial charge in [0.15, 0.2) is 11.5 Å². The van der Waals surface area contributed by atoms with Gasteiger partial charge in [0, 0.05) is 32.5 Å². The van der Waals surface area contributed by atoms with Crippen LogP contribution in [0, 0.1) is 0 Å². The molecule has 1 N–H and O–H groups in total. The number of hydrogen-bond donors (Lipinski definition) is 1. The molecule has 0 unspecified atom stereocenters. The minimum absolute atomic E-state index is 0.858. The Kier molecular flexibility index (Phi) is 4.79. The van der Waals surface area contributed by atoms with Gasteiger partial charge in [-0.05, 0) is 34.0 Å². The fourth-order valence-corrected chi connectivity index (χ4v) is 2.17. The highest BCUT2D eigenvalue weighted by atomic mass is 15.2. The zero-order valence-corrected chi connectivity index (χ0v) is 12.8. The lowest BCUT2D eigenvalue weighted by Gasteiger charge is -2.20. The molecule has 0 aliphatic rings. The van der Waals surface area contributed by atoms with Gasteiger partial charge in [0.1, 0.15) is 5.82 Å². The van der Waals surface area contributed by atoms with E-state index in [0.717, 1.165) is 43.3 Å². The van der Waals surface area contributed by atoms with Crippen LogP contribution < -0.4 is 10.2 Å². The summed E-state index contributed by atoms with van der Waals surface area (Å²) in [6.45, 7) is 4.96. The molecule has 2 aromatic heterocycles. The summed E-state index contributed by atoms with van der Waals surface area (Å²) < 4.78 is 2.02. The molecule has 0 aromatic carbocycles. The number of nitrogens with zero attached hydrogens (tertiary/aromatic N) is 5. The maximum Gasteiger partial charge on any atom is 0.180 e. The third kappa shape index (κ3) is 3.39. The third-order valence-electron chi connectivity index (χ3n) is 3.17. The molecular formula is C14H24N6. The van der Waals surface area contributed by atoms with Crippen molar-refractivity contribution in [2.75, 3.05) is 51.0 Å². The van der Waals surface area contributed by atoms with E-state index in [4.69, 9.17) is 0 Å². The molecule has 20 heavy (non-hydrogen) atoms. The number of rotatable bonds is 7. The van der Waals surface area contributed by atoms with E-state index in [0.29, 0.717) is 0 Å². The molecule has 6 nitrogen and oxygen atoms in total. The predicted octanol–water partition coefficient (Wildman–Crippen LogP) is 1.55. The van der Waals surface area contributed by atoms with Crippen LogP contribution in [-0.4, -0.2) is 60.0 Å². The Bertz CT molecular complexity index is 548. The Morgan fingerprint density at radius 3 is 2.75 bits per heavy atom. The highest BCUT2D eigenvalue weighted by molar-refractivity contribution is 5.66. The summed E-state index contributed by atoms with van der Waals surface area (Å²) in [5, 5.41) is 3.26. The van der Waals surface area contributed by atoms with Crippen molar-refractivity contribution >= 4 is 17.3 Å². The van der Waals surface area contributed by atoms with Crippen LogP contribution in [0.25, 0.3) is 5.65 Å². The van der Waals surface area contributed by atoms with Gasteiger partial charge >= 0.3 is 0 Å². The van der Waals surface area contributed by atoms with Crippen LogP contribution >= 0.6 is 0 Å². The molecule has 0 atom stereocenters. The first-order valence-corrected chi connectivity index (χ1v) is 7.05. The normalized spacial score (nSPS) is 11.2. The van der Waals surface area contributed by atoms with Crippen LogP contribution in [-0.2, 0) is 0 Å². The highest BCUT2D eigenvalue weighted by Crippen LogP contribution is 2.19. The van der Waals surface area contributed by atoms with E-state index < -0.39 is 0 Å². The van der Waals surface area contributed by atoms with E-state index in [1.165, 1.54) is 0 Å². The molecular weight excluding hydrogens is 252 g/mol. The van der Waals surface area contributed by atoms with E-state index in [2.05, 4.69) is 53.2 Å². The summed E-state index contributed by atoms with van der Waals surface area (Å²) in [6.07, 6.45) is 6.84. The maximum atomic E-state index is 4.68. The minimum Gasteiger partial charge on any atom is -0.369 e. The predicted molar refractivity (Wildman–Crippen MR) is 83.6 cm³/mol. The van der Waals surface area contributed by atoms with Crippen molar-refractivity contribution in [2.45, 2.75) is 13.3 Å². The number of hydrogen-bond acceptors (Lipinski definition) is 5. The highest BCUT2D eigenvalue weighted by Gasteiger charge is 2.11. The van der Waals surface area contributed by atoms with Crippen molar-refractivity contribution < 1.29 is 0 Å². The van der Waals surface area contributed by atoms with Gasteiger partial charge in [-0.3, -0.25) is 0 Å². The maximum absolute atomic E-state index is 4.68. The zero-order valence-electron chi connectivity index (χ0n) is 12.8. The lowest BCUT2D eigenvalue weighted by molar-refractivity contribution is 0.401. The SMILES string of the molecule is CCNc1cn2ccnc2c(N(C)CCCN(C)C)n1. The molecule has 0 aliphatic carbocycles. The van der Waals surface area contributed by atoms with Gasteiger partial charge in [0.2, 0.25) is 0 Å². The average molecular weight is 276 g/mol. The van der Waals surface area contributed by atoms with Gasteiger partial charge in [0.25, 0.3) is 0 Å². The van der Waals surface area contributed by atoms with E-state index >= 15 is 0 Å². The van der Waals surface area contributed by atoms with Crippen LogP contribution in [0.2, 0.25) is 0 Å². The first kappa shape index (κ1) is 14.6. The Balaban J connectivity index is 2.19. The minimum atomic E-state index is 0.858. The van der Waals surface area contributed by atoms with Gasteiger partial charge < -0.3 is 19.5 Å². The standard InChI is InChI=1S/C14H24N6/c1-5-15-12-11-20-10-7-16-13(20)14(17-12)19(4)9-6-8-18(2)3/h7,10-11,15H,5-6,8-9H2,1-4H3. The van der Waals surface area contributed by atoms with Crippen molar-refractivity contribution in [2.24, 2.45) is 0 Å². The van der Waals surface area contributed by atoms with Gasteiger partial charge in [-0.2, -0.15) is 0 Å². The summed E-state index contributed by atoms with van der Waals surface area (Å²) in [5.74, 6) is 1.81. The molecule has 0 bridgehead atoms. The van der Waals surface area contributed by atoms with Crippen molar-refractivity contribution in [1.29, 1.82) is 0 Å². The summed E-state index contributed by atoms with van der Waals surface area (Å²) in [5.41, 5.74) is 0.902. The molecule has 2 rings (SSSR count). The Morgan fingerprint density at radius 2 is 2.05 bits per heavy atom. The molecule has 0 spiro atoms. The van der Waals surface area contributed by atoms with Crippen molar-refractivity contribution in [3.63, 3.8) is 0 Å².